The monoisotopic (exact) mass is 232 g/mol. The zero-order valence-corrected chi connectivity index (χ0v) is 14.0. The first-order valence-electron chi connectivity index (χ1n) is 5.00. The van der Waals surface area contributed by atoms with Gasteiger partial charge in [-0.25, -0.2) is 0 Å². The summed E-state index contributed by atoms with van der Waals surface area (Å²) in [5.74, 6) is 0. The Hall–Kier alpha value is 0.868. The molecule has 0 aromatic carbocycles. The van der Waals surface area contributed by atoms with Crippen molar-refractivity contribution in [2.45, 2.75) is 52.4 Å². The third-order valence-electron chi connectivity index (χ3n) is 5.50. The van der Waals surface area contributed by atoms with Gasteiger partial charge in [0.15, 0.2) is 0 Å². The predicted octanol–water partition coefficient (Wildman–Crippen LogP) is 3.15. The van der Waals surface area contributed by atoms with Crippen LogP contribution in [-0.4, -0.2) is 28.4 Å². The standard InChI is InChI=1S/C8H24Si4/c1-9(2,3)12(8)10(4,5)11(12,6)7/h1-8H3. The summed E-state index contributed by atoms with van der Waals surface area (Å²) in [4.78, 5) is 0. The van der Waals surface area contributed by atoms with E-state index < -0.39 is 28.4 Å². The molecule has 0 N–H and O–H groups in total. The van der Waals surface area contributed by atoms with Crippen molar-refractivity contribution in [3.8, 4) is 0 Å². The van der Waals surface area contributed by atoms with Gasteiger partial charge in [0.05, 0.1) is 0 Å². The molecule has 72 valence electrons. The van der Waals surface area contributed by atoms with Gasteiger partial charge in [-0.2, -0.15) is 0 Å². The minimum absolute atomic E-state index is 0.638. The van der Waals surface area contributed by atoms with E-state index in [1.807, 2.05) is 0 Å². The van der Waals surface area contributed by atoms with Gasteiger partial charge in [-0.15, -0.1) is 0 Å². The molecule has 0 saturated carbocycles. The Morgan fingerprint density at radius 3 is 0.917 bits per heavy atom. The third kappa shape index (κ3) is 0.870. The lowest BCUT2D eigenvalue weighted by molar-refractivity contribution is 1.82. The minimum Gasteiger partial charge on any atom is -0.0750 e. The van der Waals surface area contributed by atoms with E-state index in [2.05, 4.69) is 52.4 Å². The van der Waals surface area contributed by atoms with Crippen LogP contribution in [0, 0.1) is 0 Å². The molecule has 0 nitrogen and oxygen atoms in total. The average Bonchev–Trinajstić information content (AvgIpc) is 2.09. The Bertz CT molecular complexity index is 198. The second kappa shape index (κ2) is 2.27. The van der Waals surface area contributed by atoms with Crippen molar-refractivity contribution < 1.29 is 0 Å². The summed E-state index contributed by atoms with van der Waals surface area (Å²) in [6.07, 6.45) is 0. The van der Waals surface area contributed by atoms with Gasteiger partial charge in [-0.3, -0.25) is 0 Å². The normalized spacial score (nSPS) is 30.0. The first-order chi connectivity index (χ1) is 5.00. The zero-order valence-electron chi connectivity index (χ0n) is 10.0. The van der Waals surface area contributed by atoms with Gasteiger partial charge in [0, 0.05) is 28.4 Å². The molecule has 1 aliphatic heterocycles. The Kier molecular flexibility index (Phi) is 2.07. The molecule has 0 bridgehead atoms. The van der Waals surface area contributed by atoms with Gasteiger partial charge in [-0.05, 0) is 0 Å². The molecule has 1 saturated heterocycles. The maximum atomic E-state index is 2.76. The fourth-order valence-corrected chi connectivity index (χ4v) is 151. The summed E-state index contributed by atoms with van der Waals surface area (Å²) in [6.45, 7) is 20.8. The Labute approximate surface area is 81.0 Å². The van der Waals surface area contributed by atoms with Crippen molar-refractivity contribution in [3.05, 3.63) is 0 Å². The second-order valence-corrected chi connectivity index (χ2v) is 55.9. The predicted molar refractivity (Wildman–Crippen MR) is 69.9 cm³/mol. The topological polar surface area (TPSA) is 0 Å². The van der Waals surface area contributed by atoms with E-state index >= 15 is 0 Å². The van der Waals surface area contributed by atoms with Crippen LogP contribution < -0.4 is 0 Å². The summed E-state index contributed by atoms with van der Waals surface area (Å²) in [6, 6.07) is 0. The SMILES string of the molecule is C[Si](C)(C)[Si]1(C)[Si](C)(C)[Si]1(C)C. The van der Waals surface area contributed by atoms with E-state index in [1.165, 1.54) is 0 Å². The van der Waals surface area contributed by atoms with Gasteiger partial charge in [-0.1, -0.05) is 52.4 Å². The Balaban J connectivity index is 3.09. The fourth-order valence-electron chi connectivity index (χ4n) is 3.47. The van der Waals surface area contributed by atoms with Crippen LogP contribution in [0.1, 0.15) is 0 Å². The fraction of sp³-hybridized carbons (Fsp3) is 1.00. The molecule has 0 aromatic heterocycles. The lowest BCUT2D eigenvalue weighted by Crippen LogP contribution is -2.52. The molecule has 0 atom stereocenters. The van der Waals surface area contributed by atoms with Crippen molar-refractivity contribution in [1.29, 1.82) is 0 Å². The van der Waals surface area contributed by atoms with Gasteiger partial charge in [0.2, 0.25) is 0 Å². The lowest BCUT2D eigenvalue weighted by atomic mass is 11.8. The summed E-state index contributed by atoms with van der Waals surface area (Å²) in [5, 5.41) is 0. The highest BCUT2D eigenvalue weighted by molar-refractivity contribution is 8.24. The van der Waals surface area contributed by atoms with Crippen molar-refractivity contribution in [2.75, 3.05) is 0 Å². The van der Waals surface area contributed by atoms with E-state index in [9.17, 15) is 0 Å². The van der Waals surface area contributed by atoms with Crippen molar-refractivity contribution in [3.63, 3.8) is 0 Å². The Morgan fingerprint density at radius 2 is 0.917 bits per heavy atom. The summed E-state index contributed by atoms with van der Waals surface area (Å²) < 4.78 is 0. The summed E-state index contributed by atoms with van der Waals surface area (Å²) in [5.41, 5.74) is 0. The molecule has 0 aliphatic carbocycles. The first-order valence-corrected chi connectivity index (χ1v) is 21.0. The van der Waals surface area contributed by atoms with E-state index in [1.54, 1.807) is 0 Å². The molecule has 12 heavy (non-hydrogen) atoms. The van der Waals surface area contributed by atoms with Crippen LogP contribution in [0.4, 0.5) is 0 Å². The largest absolute Gasteiger partial charge is 0.0750 e. The van der Waals surface area contributed by atoms with Crippen LogP contribution in [-0.2, 0) is 0 Å². The maximum absolute atomic E-state index is 2.76. The van der Waals surface area contributed by atoms with Gasteiger partial charge in [0.1, 0.15) is 0 Å². The molecule has 0 spiro atoms. The molecule has 1 fully saturated rings. The van der Waals surface area contributed by atoms with Crippen molar-refractivity contribution in [2.24, 2.45) is 0 Å². The molecule has 0 aromatic rings. The molecule has 1 heterocycles. The van der Waals surface area contributed by atoms with Crippen LogP contribution in [0.25, 0.3) is 0 Å². The summed E-state index contributed by atoms with van der Waals surface area (Å²) >= 11 is 0. The first kappa shape index (κ1) is 10.9. The second-order valence-electron chi connectivity index (χ2n) is 6.62. The molecule has 1 rings (SSSR count). The van der Waals surface area contributed by atoms with Crippen LogP contribution in [0.3, 0.4) is 0 Å². The summed E-state index contributed by atoms with van der Waals surface area (Å²) in [7, 11) is -2.03. The van der Waals surface area contributed by atoms with E-state index in [0.717, 1.165) is 0 Å². The molecular weight excluding hydrogens is 208 g/mol. The lowest BCUT2D eigenvalue weighted by Gasteiger charge is -2.29. The van der Waals surface area contributed by atoms with E-state index in [-0.39, 0.29) is 0 Å². The molecule has 0 radical (unpaired) electrons. The van der Waals surface area contributed by atoms with Crippen molar-refractivity contribution in [1.82, 2.24) is 0 Å². The zero-order chi connectivity index (χ0) is 10.0. The van der Waals surface area contributed by atoms with Gasteiger partial charge in [0.25, 0.3) is 0 Å². The van der Waals surface area contributed by atoms with Crippen LogP contribution >= 0.6 is 0 Å². The number of hydrogen-bond donors (Lipinski definition) is 0. The van der Waals surface area contributed by atoms with Gasteiger partial charge < -0.3 is 0 Å². The smallest absolute Gasteiger partial charge is 0.0329 e. The van der Waals surface area contributed by atoms with Crippen LogP contribution in [0.15, 0.2) is 0 Å². The molecule has 0 amide bonds. The third-order valence-corrected chi connectivity index (χ3v) is 106. The number of rotatable bonds is 1. The molecule has 1 aliphatic rings. The highest BCUT2D eigenvalue weighted by Crippen LogP contribution is 2.55. The van der Waals surface area contributed by atoms with E-state index in [0.29, 0.717) is 0 Å². The molecular formula is C8H24Si4. The van der Waals surface area contributed by atoms with Crippen molar-refractivity contribution >= 4 is 28.4 Å². The highest BCUT2D eigenvalue weighted by Gasteiger charge is 2.81. The van der Waals surface area contributed by atoms with Gasteiger partial charge >= 0.3 is 0 Å². The average molecular weight is 233 g/mol. The maximum Gasteiger partial charge on any atom is 0.0329 e. The number of hydrogen-bond acceptors (Lipinski definition) is 0. The quantitative estimate of drug-likeness (QED) is 0.610. The van der Waals surface area contributed by atoms with Crippen LogP contribution in [0.2, 0.25) is 52.4 Å². The molecule has 4 heteroatoms. The molecule has 0 unspecified atom stereocenters. The minimum atomic E-state index is -0.756. The Morgan fingerprint density at radius 1 is 0.667 bits per heavy atom. The van der Waals surface area contributed by atoms with E-state index in [4.69, 9.17) is 0 Å². The van der Waals surface area contributed by atoms with Crippen LogP contribution in [0.5, 0.6) is 0 Å². The highest BCUT2D eigenvalue weighted by atomic mass is 30.4.